The second-order valence-electron chi connectivity index (χ2n) is 6.36. The van der Waals surface area contributed by atoms with Crippen LogP contribution in [-0.4, -0.2) is 25.2 Å². The Hall–Kier alpha value is -3.01. The molecule has 0 unspecified atom stereocenters. The fraction of sp³-hybridized carbons (Fsp3) is 0.227. The molecule has 0 saturated carbocycles. The van der Waals surface area contributed by atoms with Crippen molar-refractivity contribution in [2.24, 2.45) is 0 Å². The Bertz CT molecular complexity index is 869. The number of hydrogen-bond acceptors (Lipinski definition) is 3. The largest absolute Gasteiger partial charge is 0.491 e. The average Bonchev–Trinajstić information content (AvgIpc) is 2.66. The summed E-state index contributed by atoms with van der Waals surface area (Å²) in [6.45, 7) is 4.32. The number of benzene rings is 3. The van der Waals surface area contributed by atoms with Crippen LogP contribution in [0, 0.1) is 6.92 Å². The lowest BCUT2D eigenvalue weighted by Crippen LogP contribution is -2.39. The number of amides is 1. The first-order chi connectivity index (χ1) is 12.6. The van der Waals surface area contributed by atoms with Crippen LogP contribution in [0.4, 0.5) is 0 Å². The molecule has 3 aromatic carbocycles. The standard InChI is InChI=1S/C22H23NO3/c1-16-10-12-19(13-11-16)25-14-17(2)23-22(24)15-26-21-9-5-7-18-6-3-4-8-20(18)21/h3-13,17H,14-15H2,1-2H3,(H,23,24)/t17-/m1/s1. The summed E-state index contributed by atoms with van der Waals surface area (Å²) >= 11 is 0. The molecule has 26 heavy (non-hydrogen) atoms. The third-order valence-corrected chi connectivity index (χ3v) is 4.04. The minimum Gasteiger partial charge on any atom is -0.491 e. The summed E-state index contributed by atoms with van der Waals surface area (Å²) in [4.78, 5) is 12.1. The molecule has 3 aromatic rings. The molecule has 0 radical (unpaired) electrons. The van der Waals surface area contributed by atoms with E-state index >= 15 is 0 Å². The van der Waals surface area contributed by atoms with Crippen LogP contribution < -0.4 is 14.8 Å². The Morgan fingerprint density at radius 2 is 1.69 bits per heavy atom. The SMILES string of the molecule is Cc1ccc(OC[C@@H](C)NC(=O)COc2cccc3ccccc23)cc1. The normalized spacial score (nSPS) is 11.8. The van der Waals surface area contributed by atoms with Gasteiger partial charge in [-0.25, -0.2) is 0 Å². The summed E-state index contributed by atoms with van der Waals surface area (Å²) in [6, 6.07) is 21.5. The summed E-state index contributed by atoms with van der Waals surface area (Å²) in [5.41, 5.74) is 1.18. The van der Waals surface area contributed by atoms with Gasteiger partial charge in [0.05, 0.1) is 6.04 Å². The number of carbonyl (C=O) groups is 1. The molecule has 0 bridgehead atoms. The van der Waals surface area contributed by atoms with Crippen LogP contribution in [0.25, 0.3) is 10.8 Å². The molecule has 4 nitrogen and oxygen atoms in total. The average molecular weight is 349 g/mol. The maximum absolute atomic E-state index is 12.1. The van der Waals surface area contributed by atoms with Crippen molar-refractivity contribution in [3.05, 3.63) is 72.3 Å². The summed E-state index contributed by atoms with van der Waals surface area (Å²) < 4.78 is 11.4. The molecule has 1 amide bonds. The molecule has 3 rings (SSSR count). The van der Waals surface area contributed by atoms with E-state index in [4.69, 9.17) is 9.47 Å². The second-order valence-corrected chi connectivity index (χ2v) is 6.36. The Morgan fingerprint density at radius 3 is 2.50 bits per heavy atom. The van der Waals surface area contributed by atoms with Gasteiger partial charge in [-0.2, -0.15) is 0 Å². The van der Waals surface area contributed by atoms with Crippen molar-refractivity contribution in [2.75, 3.05) is 13.2 Å². The van der Waals surface area contributed by atoms with Crippen molar-refractivity contribution in [2.45, 2.75) is 19.9 Å². The van der Waals surface area contributed by atoms with Gasteiger partial charge in [0.2, 0.25) is 0 Å². The molecule has 0 spiro atoms. The van der Waals surface area contributed by atoms with Crippen molar-refractivity contribution in [1.29, 1.82) is 0 Å². The molecule has 0 aliphatic rings. The third kappa shape index (κ3) is 4.76. The number of hydrogen-bond donors (Lipinski definition) is 1. The highest BCUT2D eigenvalue weighted by molar-refractivity contribution is 5.88. The zero-order valence-electron chi connectivity index (χ0n) is 15.1. The van der Waals surface area contributed by atoms with Crippen LogP contribution in [-0.2, 0) is 4.79 Å². The highest BCUT2D eigenvalue weighted by Crippen LogP contribution is 2.24. The Balaban J connectivity index is 1.48. The molecular weight excluding hydrogens is 326 g/mol. The second kappa shape index (κ2) is 8.39. The predicted octanol–water partition coefficient (Wildman–Crippen LogP) is 4.11. The van der Waals surface area contributed by atoms with Crippen LogP contribution >= 0.6 is 0 Å². The van der Waals surface area contributed by atoms with Gasteiger partial charge in [-0.1, -0.05) is 54.1 Å². The molecule has 134 valence electrons. The summed E-state index contributed by atoms with van der Waals surface area (Å²) in [5, 5.41) is 4.98. The van der Waals surface area contributed by atoms with Gasteiger partial charge in [-0.15, -0.1) is 0 Å². The Labute approximate surface area is 153 Å². The van der Waals surface area contributed by atoms with E-state index in [1.54, 1.807) is 0 Å². The first-order valence-electron chi connectivity index (χ1n) is 8.71. The van der Waals surface area contributed by atoms with E-state index in [-0.39, 0.29) is 18.6 Å². The fourth-order valence-electron chi connectivity index (χ4n) is 2.68. The minimum atomic E-state index is -0.169. The monoisotopic (exact) mass is 349 g/mol. The highest BCUT2D eigenvalue weighted by Gasteiger charge is 2.10. The van der Waals surface area contributed by atoms with E-state index in [1.807, 2.05) is 80.6 Å². The molecule has 0 aliphatic carbocycles. The van der Waals surface area contributed by atoms with Crippen LogP contribution in [0.2, 0.25) is 0 Å². The molecular formula is C22H23NO3. The van der Waals surface area contributed by atoms with Crippen LogP contribution in [0.1, 0.15) is 12.5 Å². The van der Waals surface area contributed by atoms with E-state index in [2.05, 4.69) is 5.32 Å². The molecule has 0 aliphatic heterocycles. The molecule has 0 heterocycles. The maximum atomic E-state index is 12.1. The lowest BCUT2D eigenvalue weighted by molar-refractivity contribution is -0.123. The van der Waals surface area contributed by atoms with Crippen molar-refractivity contribution < 1.29 is 14.3 Å². The van der Waals surface area contributed by atoms with Gasteiger partial charge in [0.15, 0.2) is 6.61 Å². The van der Waals surface area contributed by atoms with Crippen molar-refractivity contribution in [3.8, 4) is 11.5 Å². The fourth-order valence-corrected chi connectivity index (χ4v) is 2.68. The van der Waals surface area contributed by atoms with Crippen LogP contribution in [0.15, 0.2) is 66.7 Å². The Morgan fingerprint density at radius 1 is 0.962 bits per heavy atom. The van der Waals surface area contributed by atoms with E-state index in [0.29, 0.717) is 12.4 Å². The van der Waals surface area contributed by atoms with Crippen LogP contribution in [0.5, 0.6) is 11.5 Å². The zero-order valence-corrected chi connectivity index (χ0v) is 15.1. The molecule has 0 fully saturated rings. The van der Waals surface area contributed by atoms with E-state index in [9.17, 15) is 4.79 Å². The number of ether oxygens (including phenoxy) is 2. The smallest absolute Gasteiger partial charge is 0.258 e. The number of rotatable bonds is 7. The van der Waals surface area contributed by atoms with Gasteiger partial charge in [-0.05, 0) is 37.4 Å². The highest BCUT2D eigenvalue weighted by atomic mass is 16.5. The first-order valence-corrected chi connectivity index (χ1v) is 8.71. The predicted molar refractivity (Wildman–Crippen MR) is 104 cm³/mol. The number of nitrogens with one attached hydrogen (secondary N) is 1. The molecule has 4 heteroatoms. The first kappa shape index (κ1) is 17.8. The summed E-state index contributed by atoms with van der Waals surface area (Å²) in [6.07, 6.45) is 0. The van der Waals surface area contributed by atoms with Gasteiger partial charge in [0.25, 0.3) is 5.91 Å². The lowest BCUT2D eigenvalue weighted by atomic mass is 10.1. The maximum Gasteiger partial charge on any atom is 0.258 e. The lowest BCUT2D eigenvalue weighted by Gasteiger charge is -2.16. The van der Waals surface area contributed by atoms with Crippen molar-refractivity contribution in [3.63, 3.8) is 0 Å². The van der Waals surface area contributed by atoms with E-state index < -0.39 is 0 Å². The Kier molecular flexibility index (Phi) is 5.74. The molecule has 0 aromatic heterocycles. The van der Waals surface area contributed by atoms with E-state index in [0.717, 1.165) is 16.5 Å². The van der Waals surface area contributed by atoms with Crippen molar-refractivity contribution >= 4 is 16.7 Å². The summed E-state index contributed by atoms with van der Waals surface area (Å²) in [5.74, 6) is 1.34. The molecule has 1 N–H and O–H groups in total. The zero-order chi connectivity index (χ0) is 18.4. The number of carbonyl (C=O) groups excluding carboxylic acids is 1. The number of fused-ring (bicyclic) bond motifs is 1. The topological polar surface area (TPSA) is 47.6 Å². The van der Waals surface area contributed by atoms with Gasteiger partial charge in [0, 0.05) is 5.39 Å². The van der Waals surface area contributed by atoms with Crippen LogP contribution in [0.3, 0.4) is 0 Å². The van der Waals surface area contributed by atoms with Crippen molar-refractivity contribution in [1.82, 2.24) is 5.32 Å². The number of aryl methyl sites for hydroxylation is 1. The summed E-state index contributed by atoms with van der Waals surface area (Å²) in [7, 11) is 0. The van der Waals surface area contributed by atoms with Gasteiger partial charge in [-0.3, -0.25) is 4.79 Å². The molecule has 1 atom stereocenters. The minimum absolute atomic E-state index is 0.0249. The van der Waals surface area contributed by atoms with Gasteiger partial charge in [0.1, 0.15) is 18.1 Å². The quantitative estimate of drug-likeness (QED) is 0.698. The van der Waals surface area contributed by atoms with Gasteiger partial charge >= 0.3 is 0 Å². The third-order valence-electron chi connectivity index (χ3n) is 4.04. The van der Waals surface area contributed by atoms with Gasteiger partial charge < -0.3 is 14.8 Å². The van der Waals surface area contributed by atoms with E-state index in [1.165, 1.54) is 5.56 Å². The molecule has 0 saturated heterocycles.